The average molecular weight is 211 g/mol. The second-order valence-electron chi connectivity index (χ2n) is 3.40. The number of esters is 1. The van der Waals surface area contributed by atoms with Crippen molar-refractivity contribution in [2.24, 2.45) is 0 Å². The van der Waals surface area contributed by atoms with Crippen molar-refractivity contribution in [2.75, 3.05) is 13.7 Å². The smallest absolute Gasteiger partial charge is 0.391 e. The molecular formula is C8H12F3NO2. The van der Waals surface area contributed by atoms with Crippen LogP contribution in [0.5, 0.6) is 0 Å². The Bertz CT molecular complexity index is 221. The van der Waals surface area contributed by atoms with Crippen LogP contribution in [0, 0.1) is 0 Å². The van der Waals surface area contributed by atoms with Gasteiger partial charge in [0.15, 0.2) is 0 Å². The van der Waals surface area contributed by atoms with Gasteiger partial charge in [-0.1, -0.05) is 0 Å². The number of hydrogen-bond donors (Lipinski definition) is 1. The van der Waals surface area contributed by atoms with E-state index in [0.29, 0.717) is 13.0 Å². The number of halogens is 3. The molecule has 1 rings (SSSR count). The van der Waals surface area contributed by atoms with E-state index in [1.165, 1.54) is 0 Å². The Morgan fingerprint density at radius 2 is 2.21 bits per heavy atom. The predicted molar refractivity (Wildman–Crippen MR) is 42.7 cm³/mol. The third-order valence-corrected chi connectivity index (χ3v) is 2.32. The molecule has 1 atom stereocenters. The molecule has 0 amide bonds. The van der Waals surface area contributed by atoms with Gasteiger partial charge >= 0.3 is 12.1 Å². The first-order valence-electron chi connectivity index (χ1n) is 4.30. The van der Waals surface area contributed by atoms with Gasteiger partial charge in [0.2, 0.25) is 0 Å². The molecule has 3 nitrogen and oxygen atoms in total. The van der Waals surface area contributed by atoms with Crippen molar-refractivity contribution in [3.63, 3.8) is 0 Å². The van der Waals surface area contributed by atoms with Gasteiger partial charge in [0.05, 0.1) is 13.5 Å². The first-order chi connectivity index (χ1) is 6.40. The van der Waals surface area contributed by atoms with Crippen molar-refractivity contribution in [1.29, 1.82) is 0 Å². The third kappa shape index (κ3) is 2.37. The van der Waals surface area contributed by atoms with E-state index in [2.05, 4.69) is 10.1 Å². The fraction of sp³-hybridized carbons (Fsp3) is 0.875. The molecule has 1 N–H and O–H groups in total. The summed E-state index contributed by atoms with van der Waals surface area (Å²) in [5.41, 5.74) is -1.55. The molecule has 0 aromatic heterocycles. The minimum atomic E-state index is -4.36. The van der Waals surface area contributed by atoms with Gasteiger partial charge in [0.1, 0.15) is 5.54 Å². The lowest BCUT2D eigenvalue weighted by molar-refractivity contribution is -0.171. The molecule has 0 bridgehead atoms. The Kier molecular flexibility index (Phi) is 3.04. The van der Waals surface area contributed by atoms with Crippen molar-refractivity contribution in [3.8, 4) is 0 Å². The molecule has 1 saturated heterocycles. The van der Waals surface area contributed by atoms with Crippen LogP contribution in [0.3, 0.4) is 0 Å². The molecular weight excluding hydrogens is 199 g/mol. The van der Waals surface area contributed by atoms with Crippen molar-refractivity contribution in [1.82, 2.24) is 5.32 Å². The quantitative estimate of drug-likeness (QED) is 0.698. The van der Waals surface area contributed by atoms with E-state index in [4.69, 9.17) is 0 Å². The first kappa shape index (κ1) is 11.3. The minimum absolute atomic E-state index is 0.180. The number of carbonyl (C=O) groups excluding carboxylic acids is 1. The van der Waals surface area contributed by atoms with E-state index in [-0.39, 0.29) is 6.42 Å². The Morgan fingerprint density at radius 1 is 1.57 bits per heavy atom. The number of hydrogen-bond acceptors (Lipinski definition) is 3. The summed E-state index contributed by atoms with van der Waals surface area (Å²) in [4.78, 5) is 11.2. The van der Waals surface area contributed by atoms with Gasteiger partial charge in [-0.3, -0.25) is 4.79 Å². The Balaban J connectivity index is 2.77. The van der Waals surface area contributed by atoms with E-state index < -0.39 is 24.1 Å². The molecule has 0 aromatic carbocycles. The maximum atomic E-state index is 12.2. The third-order valence-electron chi connectivity index (χ3n) is 2.32. The highest BCUT2D eigenvalue weighted by Crippen LogP contribution is 2.33. The monoisotopic (exact) mass is 211 g/mol. The summed E-state index contributed by atoms with van der Waals surface area (Å²) in [7, 11) is 1.10. The van der Waals surface area contributed by atoms with E-state index in [1.807, 2.05) is 0 Å². The molecule has 1 heterocycles. The molecule has 0 radical (unpaired) electrons. The molecule has 0 aromatic rings. The highest BCUT2D eigenvalue weighted by Gasteiger charge is 2.50. The topological polar surface area (TPSA) is 38.3 Å². The number of methoxy groups -OCH3 is 1. The maximum Gasteiger partial charge on any atom is 0.391 e. The summed E-state index contributed by atoms with van der Waals surface area (Å²) in [6.45, 7) is 0.422. The molecule has 14 heavy (non-hydrogen) atoms. The lowest BCUT2D eigenvalue weighted by Gasteiger charge is -2.27. The van der Waals surface area contributed by atoms with Crippen LogP contribution in [0.25, 0.3) is 0 Å². The standard InChI is InChI=1S/C8H12F3NO2/c1-14-6(13)7(3-2-4-12-7)5-8(9,10)11/h12H,2-5H2,1H3. The molecule has 6 heteroatoms. The molecule has 0 saturated carbocycles. The van der Waals surface area contributed by atoms with Crippen LogP contribution in [0.1, 0.15) is 19.3 Å². The van der Waals surface area contributed by atoms with Crippen molar-refractivity contribution in [3.05, 3.63) is 0 Å². The van der Waals surface area contributed by atoms with Crippen LogP contribution in [0.15, 0.2) is 0 Å². The Labute approximate surface area is 79.6 Å². The molecule has 1 fully saturated rings. The SMILES string of the molecule is COC(=O)C1(CC(F)(F)F)CCCN1. The Hall–Kier alpha value is -0.780. The van der Waals surface area contributed by atoms with E-state index in [0.717, 1.165) is 7.11 Å². The summed E-state index contributed by atoms with van der Waals surface area (Å²) in [5.74, 6) is -0.827. The van der Waals surface area contributed by atoms with Gasteiger partial charge in [-0.15, -0.1) is 0 Å². The van der Waals surface area contributed by atoms with Crippen LogP contribution < -0.4 is 5.32 Å². The minimum Gasteiger partial charge on any atom is -0.468 e. The van der Waals surface area contributed by atoms with Crippen molar-refractivity contribution >= 4 is 5.97 Å². The zero-order chi connectivity index (χ0) is 10.8. The van der Waals surface area contributed by atoms with Crippen LogP contribution in [-0.2, 0) is 9.53 Å². The van der Waals surface area contributed by atoms with Gasteiger partial charge in [-0.25, -0.2) is 0 Å². The second kappa shape index (κ2) is 3.76. The highest BCUT2D eigenvalue weighted by molar-refractivity contribution is 5.81. The van der Waals surface area contributed by atoms with Crippen LogP contribution in [0.4, 0.5) is 13.2 Å². The normalized spacial score (nSPS) is 27.7. The fourth-order valence-corrected chi connectivity index (χ4v) is 1.74. The highest BCUT2D eigenvalue weighted by atomic mass is 19.4. The van der Waals surface area contributed by atoms with Gasteiger partial charge in [-0.05, 0) is 19.4 Å². The van der Waals surface area contributed by atoms with Gasteiger partial charge in [0, 0.05) is 0 Å². The number of ether oxygens (including phenoxy) is 1. The number of rotatable bonds is 2. The van der Waals surface area contributed by atoms with Gasteiger partial charge in [-0.2, -0.15) is 13.2 Å². The first-order valence-corrected chi connectivity index (χ1v) is 4.30. The summed E-state index contributed by atoms with van der Waals surface area (Å²) >= 11 is 0. The molecule has 0 aliphatic carbocycles. The van der Waals surface area contributed by atoms with E-state index in [1.54, 1.807) is 0 Å². The van der Waals surface area contributed by atoms with Gasteiger partial charge < -0.3 is 10.1 Å². The summed E-state index contributed by atoms with van der Waals surface area (Å²) < 4.78 is 41.0. The maximum absolute atomic E-state index is 12.2. The second-order valence-corrected chi connectivity index (χ2v) is 3.40. The van der Waals surface area contributed by atoms with Crippen molar-refractivity contribution in [2.45, 2.75) is 31.0 Å². The molecule has 1 unspecified atom stereocenters. The summed E-state index contributed by atoms with van der Waals surface area (Å²) in [5, 5.41) is 2.58. The number of nitrogens with one attached hydrogen (secondary N) is 1. The lowest BCUT2D eigenvalue weighted by atomic mass is 9.93. The summed E-state index contributed by atoms with van der Waals surface area (Å²) in [6, 6.07) is 0. The summed E-state index contributed by atoms with van der Waals surface area (Å²) in [6.07, 6.45) is -4.78. The largest absolute Gasteiger partial charge is 0.468 e. The van der Waals surface area contributed by atoms with Crippen LogP contribution in [-0.4, -0.2) is 31.3 Å². The number of carbonyl (C=O) groups is 1. The molecule has 82 valence electrons. The fourth-order valence-electron chi connectivity index (χ4n) is 1.74. The van der Waals surface area contributed by atoms with Crippen LogP contribution in [0.2, 0.25) is 0 Å². The predicted octanol–water partition coefficient (Wildman–Crippen LogP) is 1.23. The van der Waals surface area contributed by atoms with Gasteiger partial charge in [0.25, 0.3) is 0 Å². The van der Waals surface area contributed by atoms with Crippen molar-refractivity contribution < 1.29 is 22.7 Å². The molecule has 0 spiro atoms. The molecule has 1 aliphatic rings. The van der Waals surface area contributed by atoms with E-state index >= 15 is 0 Å². The number of alkyl halides is 3. The zero-order valence-corrected chi connectivity index (χ0v) is 7.78. The van der Waals surface area contributed by atoms with Crippen LogP contribution >= 0.6 is 0 Å². The zero-order valence-electron chi connectivity index (χ0n) is 7.78. The average Bonchev–Trinajstić information content (AvgIpc) is 2.49. The Morgan fingerprint density at radius 3 is 2.57 bits per heavy atom. The molecule has 1 aliphatic heterocycles. The lowest BCUT2D eigenvalue weighted by Crippen LogP contribution is -2.51. The van der Waals surface area contributed by atoms with E-state index in [9.17, 15) is 18.0 Å².